The third-order valence-electron chi connectivity index (χ3n) is 7.04. The summed E-state index contributed by atoms with van der Waals surface area (Å²) < 4.78 is 26.9. The zero-order valence-electron chi connectivity index (χ0n) is 27.5. The van der Waals surface area contributed by atoms with Gasteiger partial charge in [0.1, 0.15) is 17.2 Å². The average molecular weight is 692 g/mol. The number of hydrogen-bond donors (Lipinski definition) is 1. The molecule has 260 valence electrons. The normalized spacial score (nSPS) is 10.4. The minimum atomic E-state index is -0.587. The largest absolute Gasteiger partial charge is 0.494 e. The van der Waals surface area contributed by atoms with Crippen LogP contribution in [0.2, 0.25) is 5.02 Å². The second kappa shape index (κ2) is 21.7. The van der Waals surface area contributed by atoms with Crippen LogP contribution in [-0.4, -0.2) is 50.2 Å². The van der Waals surface area contributed by atoms with Crippen LogP contribution in [-0.2, 0) is 19.1 Å². The molecule has 3 aromatic rings. The van der Waals surface area contributed by atoms with Crippen LogP contribution in [0.4, 0.5) is 5.69 Å². The quantitative estimate of drug-likeness (QED) is 0.0481. The molecule has 0 radical (unpaired) electrons. The first-order valence-electron chi connectivity index (χ1n) is 16.2. The van der Waals surface area contributed by atoms with Crippen LogP contribution in [0.15, 0.2) is 92.0 Å². The highest BCUT2D eigenvalue weighted by Crippen LogP contribution is 2.29. The smallest absolute Gasteiger partial charge is 0.343 e. The molecule has 0 bridgehead atoms. The SMILES string of the molecule is C=CC(=O)OCCCCCCOc1ccc(C(=O)Nc2ccc(OC(=O)c3ccc(OCCCCCCOC(=O)C=C)cc3)c(Cl)c2)cc1. The summed E-state index contributed by atoms with van der Waals surface area (Å²) in [5.74, 6) is -0.300. The number of halogens is 1. The first kappa shape index (κ1) is 38.4. The molecule has 3 aromatic carbocycles. The molecule has 0 fully saturated rings. The number of nitrogens with one attached hydrogen (secondary N) is 1. The van der Waals surface area contributed by atoms with Crippen molar-refractivity contribution in [2.24, 2.45) is 0 Å². The molecular formula is C38H42ClNO9. The molecule has 0 unspecified atom stereocenters. The van der Waals surface area contributed by atoms with Gasteiger partial charge in [0.25, 0.3) is 5.91 Å². The fourth-order valence-corrected chi connectivity index (χ4v) is 4.59. The monoisotopic (exact) mass is 691 g/mol. The predicted molar refractivity (Wildman–Crippen MR) is 187 cm³/mol. The number of amides is 1. The highest BCUT2D eigenvalue weighted by molar-refractivity contribution is 6.32. The number of esters is 3. The maximum Gasteiger partial charge on any atom is 0.343 e. The molecule has 0 saturated carbocycles. The van der Waals surface area contributed by atoms with E-state index in [-0.39, 0.29) is 16.7 Å². The third-order valence-corrected chi connectivity index (χ3v) is 7.33. The summed E-state index contributed by atoms with van der Waals surface area (Å²) in [7, 11) is 0. The lowest BCUT2D eigenvalue weighted by molar-refractivity contribution is -0.138. The Kier molecular flexibility index (Phi) is 17.0. The number of benzene rings is 3. The molecule has 11 heteroatoms. The highest BCUT2D eigenvalue weighted by Gasteiger charge is 2.14. The average Bonchev–Trinajstić information content (AvgIpc) is 3.11. The molecule has 0 aliphatic heterocycles. The number of hydrogen-bond acceptors (Lipinski definition) is 9. The number of carbonyl (C=O) groups excluding carboxylic acids is 4. The fourth-order valence-electron chi connectivity index (χ4n) is 4.37. The zero-order valence-corrected chi connectivity index (χ0v) is 28.2. The summed E-state index contributed by atoms with van der Waals surface area (Å²) in [6.07, 6.45) is 9.29. The number of ether oxygens (including phenoxy) is 5. The summed E-state index contributed by atoms with van der Waals surface area (Å²) in [4.78, 5) is 47.5. The minimum Gasteiger partial charge on any atom is -0.494 e. The van der Waals surface area contributed by atoms with Crippen molar-refractivity contribution >= 4 is 41.1 Å². The number of carbonyl (C=O) groups is 4. The summed E-state index contributed by atoms with van der Waals surface area (Å²) >= 11 is 6.37. The molecule has 1 amide bonds. The summed E-state index contributed by atoms with van der Waals surface area (Å²) in [6, 6.07) is 18.0. The van der Waals surface area contributed by atoms with Crippen LogP contribution in [0, 0.1) is 0 Å². The van der Waals surface area contributed by atoms with E-state index in [0.29, 0.717) is 54.7 Å². The Morgan fingerprint density at radius 3 is 1.55 bits per heavy atom. The topological polar surface area (TPSA) is 126 Å². The zero-order chi connectivity index (χ0) is 35.3. The molecule has 0 aliphatic rings. The molecule has 0 saturated heterocycles. The molecular weight excluding hydrogens is 650 g/mol. The van der Waals surface area contributed by atoms with Crippen LogP contribution in [0.3, 0.4) is 0 Å². The Morgan fingerprint density at radius 2 is 1.08 bits per heavy atom. The van der Waals surface area contributed by atoms with Crippen LogP contribution in [0.5, 0.6) is 17.2 Å². The van der Waals surface area contributed by atoms with Gasteiger partial charge in [-0.05, 0) is 118 Å². The van der Waals surface area contributed by atoms with Crippen molar-refractivity contribution in [3.63, 3.8) is 0 Å². The van der Waals surface area contributed by atoms with Gasteiger partial charge in [-0.2, -0.15) is 0 Å². The molecule has 0 atom stereocenters. The lowest BCUT2D eigenvalue weighted by Crippen LogP contribution is -2.12. The van der Waals surface area contributed by atoms with Gasteiger partial charge in [-0.25, -0.2) is 14.4 Å². The van der Waals surface area contributed by atoms with E-state index in [1.165, 1.54) is 12.1 Å². The molecule has 0 heterocycles. The number of rotatable bonds is 22. The van der Waals surface area contributed by atoms with Crippen molar-refractivity contribution in [3.05, 3.63) is 108 Å². The molecule has 49 heavy (non-hydrogen) atoms. The van der Waals surface area contributed by atoms with Crippen LogP contribution < -0.4 is 19.5 Å². The Bertz CT molecular complexity index is 1540. The van der Waals surface area contributed by atoms with E-state index >= 15 is 0 Å². The van der Waals surface area contributed by atoms with Gasteiger partial charge < -0.3 is 29.0 Å². The first-order valence-corrected chi connectivity index (χ1v) is 16.5. The minimum absolute atomic E-state index is 0.155. The van der Waals surface area contributed by atoms with E-state index < -0.39 is 17.9 Å². The van der Waals surface area contributed by atoms with E-state index in [2.05, 4.69) is 18.5 Å². The summed E-state index contributed by atoms with van der Waals surface area (Å²) in [5.41, 5.74) is 1.20. The lowest BCUT2D eigenvalue weighted by Gasteiger charge is -2.11. The van der Waals surface area contributed by atoms with E-state index in [0.717, 1.165) is 63.5 Å². The molecule has 0 aromatic heterocycles. The fraction of sp³-hybridized carbons (Fsp3) is 0.316. The van der Waals surface area contributed by atoms with E-state index in [1.807, 2.05) is 0 Å². The maximum atomic E-state index is 12.8. The Balaban J connectivity index is 1.35. The second-order valence-corrected chi connectivity index (χ2v) is 11.2. The van der Waals surface area contributed by atoms with Crippen molar-refractivity contribution in [2.45, 2.75) is 51.4 Å². The van der Waals surface area contributed by atoms with Gasteiger partial charge >= 0.3 is 17.9 Å². The Labute approximate surface area is 292 Å². The lowest BCUT2D eigenvalue weighted by atomic mass is 10.2. The number of unbranched alkanes of at least 4 members (excludes halogenated alkanes) is 6. The van der Waals surface area contributed by atoms with Crippen LogP contribution in [0.25, 0.3) is 0 Å². The van der Waals surface area contributed by atoms with E-state index in [9.17, 15) is 19.2 Å². The van der Waals surface area contributed by atoms with Crippen molar-refractivity contribution in [1.82, 2.24) is 0 Å². The van der Waals surface area contributed by atoms with Crippen molar-refractivity contribution in [1.29, 1.82) is 0 Å². The first-order chi connectivity index (χ1) is 23.8. The van der Waals surface area contributed by atoms with Crippen molar-refractivity contribution in [2.75, 3.05) is 31.7 Å². The van der Waals surface area contributed by atoms with Gasteiger partial charge in [0.2, 0.25) is 0 Å². The summed E-state index contributed by atoms with van der Waals surface area (Å²) in [5, 5.41) is 2.95. The maximum absolute atomic E-state index is 12.8. The Morgan fingerprint density at radius 1 is 0.612 bits per heavy atom. The highest BCUT2D eigenvalue weighted by atomic mass is 35.5. The van der Waals surface area contributed by atoms with Gasteiger partial charge in [-0.1, -0.05) is 24.8 Å². The van der Waals surface area contributed by atoms with Crippen molar-refractivity contribution in [3.8, 4) is 17.2 Å². The van der Waals surface area contributed by atoms with Crippen LogP contribution in [0.1, 0.15) is 72.1 Å². The Hall–Kier alpha value is -5.09. The number of anilines is 1. The summed E-state index contributed by atoms with van der Waals surface area (Å²) in [6.45, 7) is 8.54. The second-order valence-electron chi connectivity index (χ2n) is 10.8. The molecule has 0 spiro atoms. The molecule has 3 rings (SSSR count). The van der Waals surface area contributed by atoms with Gasteiger partial charge in [0.05, 0.1) is 37.0 Å². The van der Waals surface area contributed by atoms with Gasteiger partial charge in [0, 0.05) is 23.4 Å². The molecule has 0 aliphatic carbocycles. The van der Waals surface area contributed by atoms with Gasteiger partial charge in [-0.3, -0.25) is 4.79 Å². The predicted octanol–water partition coefficient (Wildman–Crippen LogP) is 8.15. The molecule has 1 N–H and O–H groups in total. The van der Waals surface area contributed by atoms with Gasteiger partial charge in [-0.15, -0.1) is 0 Å². The third kappa shape index (κ3) is 14.7. The standard InChI is InChI=1S/C38H42ClNO9/c1-3-35(41)47-25-11-7-5-9-23-45-31-18-13-28(14-19-31)37(43)40-30-17-22-34(33(39)27-30)49-38(44)29-15-20-32(21-16-29)46-24-10-6-8-12-26-48-36(42)4-2/h3-4,13-22,27H,1-2,5-12,23-26H2,(H,40,43). The van der Waals surface area contributed by atoms with E-state index in [1.54, 1.807) is 54.6 Å². The molecule has 10 nitrogen and oxygen atoms in total. The van der Waals surface area contributed by atoms with Gasteiger partial charge in [0.15, 0.2) is 0 Å². The van der Waals surface area contributed by atoms with Crippen molar-refractivity contribution < 1.29 is 42.9 Å². The van der Waals surface area contributed by atoms with Crippen LogP contribution >= 0.6 is 11.6 Å². The van der Waals surface area contributed by atoms with E-state index in [4.69, 9.17) is 35.3 Å².